The molecule has 0 radical (unpaired) electrons. The van der Waals surface area contributed by atoms with Gasteiger partial charge in [0.15, 0.2) is 5.54 Å². The number of rotatable bonds is 8. The Balaban J connectivity index is 2.05. The highest BCUT2D eigenvalue weighted by Crippen LogP contribution is 2.45. The number of carbonyl (C=O) groups is 3. The molecule has 13 nitrogen and oxygen atoms in total. The molecule has 2 atom stereocenters. The summed E-state index contributed by atoms with van der Waals surface area (Å²) >= 11 is 0. The van der Waals surface area contributed by atoms with Crippen molar-refractivity contribution in [3.8, 4) is 5.75 Å². The molecule has 0 aliphatic heterocycles. The van der Waals surface area contributed by atoms with Gasteiger partial charge in [-0.25, -0.2) is 9.78 Å². The van der Waals surface area contributed by atoms with Gasteiger partial charge in [-0.3, -0.25) is 15.0 Å². The number of aromatic hydroxyl groups is 1. The van der Waals surface area contributed by atoms with Crippen LogP contribution in [0.4, 0.5) is 4.79 Å². The molecule has 13 heteroatoms. The Bertz CT molecular complexity index is 1560. The number of aliphatic carboxylic acids is 2. The second-order valence-electron chi connectivity index (χ2n) is 8.76. The quantitative estimate of drug-likeness (QED) is 0.119. The van der Waals surface area contributed by atoms with Crippen molar-refractivity contribution in [3.63, 3.8) is 0 Å². The number of carbonyl (C=O) groups excluding carboxylic acids is 1. The van der Waals surface area contributed by atoms with E-state index in [4.69, 9.17) is 16.9 Å². The Morgan fingerprint density at radius 1 is 1.13 bits per heavy atom. The monoisotopic (exact) mass is 520 g/mol. The molecule has 3 aromatic rings. The molecule has 0 saturated carbocycles. The van der Waals surface area contributed by atoms with Crippen LogP contribution in [0.5, 0.6) is 5.75 Å². The highest BCUT2D eigenvalue weighted by molar-refractivity contribution is 5.98. The number of carboxylic acid groups (broad SMARTS) is 2. The fourth-order valence-corrected chi connectivity index (χ4v) is 4.54. The van der Waals surface area contributed by atoms with Crippen molar-refractivity contribution in [2.45, 2.75) is 18.4 Å². The number of nitrogen functional groups attached to an aromatic ring is 1. The van der Waals surface area contributed by atoms with Crippen LogP contribution in [0.25, 0.3) is 16.6 Å². The average Bonchev–Trinajstić information content (AvgIpc) is 3.28. The minimum atomic E-state index is -2.07. The number of imidazole rings is 1. The van der Waals surface area contributed by atoms with Crippen molar-refractivity contribution in [1.82, 2.24) is 15.3 Å². The number of nitrogens with zero attached hydrogens (tertiary/aromatic N) is 1. The number of para-hydroxylation sites is 1. The molecule has 1 aliphatic rings. The molecule has 0 saturated heterocycles. The number of amidine groups is 1. The summed E-state index contributed by atoms with van der Waals surface area (Å²) in [5.41, 5.74) is 10.2. The average molecular weight is 521 g/mol. The van der Waals surface area contributed by atoms with E-state index < -0.39 is 41.6 Å². The lowest BCUT2D eigenvalue weighted by atomic mass is 9.76. The van der Waals surface area contributed by atoms with E-state index in [9.17, 15) is 34.8 Å². The van der Waals surface area contributed by atoms with Gasteiger partial charge >= 0.3 is 18.0 Å². The zero-order chi connectivity index (χ0) is 27.8. The van der Waals surface area contributed by atoms with E-state index in [2.05, 4.69) is 15.3 Å². The number of hydrogen-bond acceptors (Lipinski definition) is 7. The molecule has 38 heavy (non-hydrogen) atoms. The van der Waals surface area contributed by atoms with E-state index in [1.54, 1.807) is 24.3 Å². The minimum Gasteiger partial charge on any atom is -0.509 e. The molecule has 1 aliphatic carbocycles. The van der Waals surface area contributed by atoms with E-state index in [1.807, 2.05) is 0 Å². The topological polar surface area (TPSA) is 249 Å². The molecule has 196 valence electrons. The number of phenolic OH excluding ortho intramolecular Hbond substituents is 1. The first-order valence-corrected chi connectivity index (χ1v) is 11.2. The molecule has 2 amide bonds. The number of hydrogen-bond donors (Lipinski definition) is 9. The first-order chi connectivity index (χ1) is 17.9. The van der Waals surface area contributed by atoms with Crippen LogP contribution in [0, 0.1) is 11.3 Å². The zero-order valence-electron chi connectivity index (χ0n) is 19.7. The van der Waals surface area contributed by atoms with Gasteiger partial charge in [0, 0.05) is 16.7 Å². The van der Waals surface area contributed by atoms with Crippen LogP contribution in [0.2, 0.25) is 0 Å². The number of fused-ring (bicyclic) bond motifs is 1. The predicted octanol–water partition coefficient (Wildman–Crippen LogP) is 1.89. The second kappa shape index (κ2) is 9.61. The lowest BCUT2D eigenvalue weighted by Crippen LogP contribution is -2.51. The maximum absolute atomic E-state index is 12.3. The van der Waals surface area contributed by atoms with Crippen LogP contribution in [0.15, 0.2) is 59.9 Å². The molecule has 1 heterocycles. The number of carboxylic acids is 2. The summed E-state index contributed by atoms with van der Waals surface area (Å²) < 4.78 is 0. The standard InChI is InChI=1S/C25H24N6O7/c26-21(27)11-5-6-16-17(8-11)30-23(29-16)25(31-24(28)38)10-12(14(22(36)37)9-19(33)34)7-15(20(25)35)13-3-1-2-4-18(13)32/h1-6,8,10,14,32,35H,7,9H2,(H3,26,27)(H,29,30)(H,33,34)(H,36,37)(H3,28,31,38). The maximum atomic E-state index is 12.3. The summed E-state index contributed by atoms with van der Waals surface area (Å²) in [6, 6.07) is 9.46. The molecule has 4 rings (SSSR count). The van der Waals surface area contributed by atoms with Gasteiger partial charge in [-0.05, 0) is 36.8 Å². The number of allylic oxidation sites excluding steroid dienone is 1. The van der Waals surface area contributed by atoms with Gasteiger partial charge in [-0.2, -0.15) is 0 Å². The molecule has 0 spiro atoms. The molecule has 11 N–H and O–H groups in total. The molecule has 2 unspecified atom stereocenters. The Morgan fingerprint density at radius 3 is 2.45 bits per heavy atom. The van der Waals surface area contributed by atoms with Crippen LogP contribution < -0.4 is 16.8 Å². The molecule has 2 aromatic carbocycles. The third-order valence-corrected chi connectivity index (χ3v) is 6.28. The highest BCUT2D eigenvalue weighted by Gasteiger charge is 2.46. The van der Waals surface area contributed by atoms with E-state index in [0.29, 0.717) is 16.6 Å². The number of aromatic nitrogens is 2. The van der Waals surface area contributed by atoms with Crippen molar-refractivity contribution in [3.05, 3.63) is 76.8 Å². The maximum Gasteiger partial charge on any atom is 0.313 e. The van der Waals surface area contributed by atoms with Crippen molar-refractivity contribution in [2.24, 2.45) is 17.4 Å². The summed E-state index contributed by atoms with van der Waals surface area (Å²) in [4.78, 5) is 43.3. The molecular formula is C25H24N6O7. The van der Waals surface area contributed by atoms with E-state index in [-0.39, 0.29) is 40.5 Å². The molecule has 0 fully saturated rings. The summed E-state index contributed by atoms with van der Waals surface area (Å²) in [7, 11) is 0. The number of aliphatic hydroxyl groups excluding tert-OH is 1. The van der Waals surface area contributed by atoms with Gasteiger partial charge in [0.05, 0.1) is 23.4 Å². The first-order valence-electron chi connectivity index (χ1n) is 11.2. The number of aliphatic hydroxyl groups is 1. The normalized spacial score (nSPS) is 18.1. The van der Waals surface area contributed by atoms with Crippen LogP contribution >= 0.6 is 0 Å². The van der Waals surface area contributed by atoms with Crippen molar-refractivity contribution in [1.29, 1.82) is 5.41 Å². The second-order valence-corrected chi connectivity index (χ2v) is 8.76. The van der Waals surface area contributed by atoms with Crippen molar-refractivity contribution in [2.75, 3.05) is 0 Å². The fourth-order valence-electron chi connectivity index (χ4n) is 4.54. The van der Waals surface area contributed by atoms with Gasteiger partial charge in [-0.1, -0.05) is 23.8 Å². The van der Waals surface area contributed by atoms with Gasteiger partial charge in [0.2, 0.25) is 0 Å². The minimum absolute atomic E-state index is 0.0228. The van der Waals surface area contributed by atoms with Gasteiger partial charge in [0.25, 0.3) is 0 Å². The zero-order valence-corrected chi connectivity index (χ0v) is 19.7. The van der Waals surface area contributed by atoms with Crippen LogP contribution in [-0.2, 0) is 15.1 Å². The van der Waals surface area contributed by atoms with Crippen molar-refractivity contribution < 1.29 is 34.8 Å². The summed E-state index contributed by atoms with van der Waals surface area (Å²) in [6.45, 7) is 0. The molecule has 0 bridgehead atoms. The smallest absolute Gasteiger partial charge is 0.313 e. The highest BCUT2D eigenvalue weighted by atomic mass is 16.4. The number of H-pyrrole nitrogens is 1. The lowest BCUT2D eigenvalue weighted by Gasteiger charge is -2.36. The number of aromatic amines is 1. The Labute approximate surface area is 214 Å². The summed E-state index contributed by atoms with van der Waals surface area (Å²) in [5.74, 6) is -5.45. The first kappa shape index (κ1) is 25.8. The van der Waals surface area contributed by atoms with E-state index >= 15 is 0 Å². The van der Waals surface area contributed by atoms with Crippen LogP contribution in [0.1, 0.15) is 29.8 Å². The third kappa shape index (κ3) is 4.59. The van der Waals surface area contributed by atoms with Crippen LogP contribution in [0.3, 0.4) is 0 Å². The van der Waals surface area contributed by atoms with Gasteiger partial charge in [0.1, 0.15) is 23.2 Å². The number of nitrogens with two attached hydrogens (primary N) is 2. The molecular weight excluding hydrogens is 496 g/mol. The van der Waals surface area contributed by atoms with Crippen molar-refractivity contribution >= 4 is 40.4 Å². The number of benzene rings is 2. The SMILES string of the molecule is N=C(N)c1ccc2[nH]c(C3(NC(N)=O)C=C(C(CC(=O)O)C(=O)O)CC(c4ccccc4O)=C3O)nc2c1. The van der Waals surface area contributed by atoms with Gasteiger partial charge in [-0.15, -0.1) is 0 Å². The Hall–Kier alpha value is -5.33. The number of phenols is 1. The number of urea groups is 1. The van der Waals surface area contributed by atoms with E-state index in [0.717, 1.165) is 0 Å². The molecule has 1 aromatic heterocycles. The van der Waals surface area contributed by atoms with E-state index in [1.165, 1.54) is 24.3 Å². The number of primary amides is 1. The number of amides is 2. The Kier molecular flexibility index (Phi) is 6.51. The third-order valence-electron chi connectivity index (χ3n) is 6.28. The largest absolute Gasteiger partial charge is 0.509 e. The lowest BCUT2D eigenvalue weighted by molar-refractivity contribution is -0.147. The number of nitrogens with one attached hydrogen (secondary N) is 3. The predicted molar refractivity (Wildman–Crippen MR) is 135 cm³/mol. The Morgan fingerprint density at radius 2 is 1.84 bits per heavy atom. The summed E-state index contributed by atoms with van der Waals surface area (Å²) in [6.07, 6.45) is 0.164. The van der Waals surface area contributed by atoms with Crippen LogP contribution in [-0.4, -0.2) is 54.2 Å². The van der Waals surface area contributed by atoms with Gasteiger partial charge < -0.3 is 42.2 Å². The summed E-state index contributed by atoms with van der Waals surface area (Å²) in [5, 5.41) is 51.5. The fraction of sp³-hybridized carbons (Fsp3) is 0.160.